The maximum Gasteiger partial charge on any atom is 0.240 e. The molecule has 3 heteroatoms. The molecular weight excluding hydrogens is 198 g/mol. The van der Waals surface area contributed by atoms with Crippen LogP contribution in [0.15, 0.2) is 23.2 Å². The number of rotatable bonds is 1. The molecule has 0 fully saturated rings. The van der Waals surface area contributed by atoms with Crippen LogP contribution in [-0.2, 0) is 10.2 Å². The summed E-state index contributed by atoms with van der Waals surface area (Å²) in [5.74, 6) is 0. The molecule has 0 amide bonds. The van der Waals surface area contributed by atoms with Crippen LogP contribution in [0.5, 0.6) is 0 Å². The number of carbonyl (C=O) groups excluding carboxylic acids is 1. The minimum atomic E-state index is 0.0487. The lowest BCUT2D eigenvalue weighted by molar-refractivity contribution is 0.565. The summed E-state index contributed by atoms with van der Waals surface area (Å²) in [7, 11) is 0. The van der Waals surface area contributed by atoms with Crippen molar-refractivity contribution in [1.82, 2.24) is 0 Å². The van der Waals surface area contributed by atoms with Gasteiger partial charge in [-0.2, -0.15) is 4.99 Å². The molecule has 0 unspecified atom stereocenters. The van der Waals surface area contributed by atoms with Gasteiger partial charge < -0.3 is 0 Å². The van der Waals surface area contributed by atoms with Gasteiger partial charge >= 0.3 is 0 Å². The summed E-state index contributed by atoms with van der Waals surface area (Å²) in [5.41, 5.74) is 1.63. The molecule has 74 valence electrons. The van der Waals surface area contributed by atoms with E-state index in [4.69, 9.17) is 11.6 Å². The standard InChI is InChI=1S/C11H12ClNO/c1-11(2,3)8-4-5-10(13-7-14)9(12)6-8/h4-6H,1-3H3. The minimum absolute atomic E-state index is 0.0487. The van der Waals surface area contributed by atoms with Gasteiger partial charge in [0.05, 0.1) is 10.7 Å². The molecule has 0 radical (unpaired) electrons. The van der Waals surface area contributed by atoms with Crippen molar-refractivity contribution in [1.29, 1.82) is 0 Å². The zero-order chi connectivity index (χ0) is 10.8. The summed E-state index contributed by atoms with van der Waals surface area (Å²) in [6.45, 7) is 6.30. The highest BCUT2D eigenvalue weighted by Crippen LogP contribution is 2.30. The first kappa shape index (κ1) is 11.0. The predicted molar refractivity (Wildman–Crippen MR) is 57.9 cm³/mol. The summed E-state index contributed by atoms with van der Waals surface area (Å²) < 4.78 is 0. The Morgan fingerprint density at radius 2 is 2.00 bits per heavy atom. The molecule has 1 aromatic carbocycles. The zero-order valence-electron chi connectivity index (χ0n) is 8.47. The third kappa shape index (κ3) is 2.44. The van der Waals surface area contributed by atoms with E-state index in [1.165, 1.54) is 6.08 Å². The van der Waals surface area contributed by atoms with Gasteiger partial charge in [-0.1, -0.05) is 38.4 Å². The summed E-state index contributed by atoms with van der Waals surface area (Å²) in [4.78, 5) is 13.5. The van der Waals surface area contributed by atoms with Crippen molar-refractivity contribution < 1.29 is 4.79 Å². The quantitative estimate of drug-likeness (QED) is 0.513. The topological polar surface area (TPSA) is 29.4 Å². The monoisotopic (exact) mass is 209 g/mol. The van der Waals surface area contributed by atoms with E-state index in [1.54, 1.807) is 6.07 Å². The second-order valence-corrected chi connectivity index (χ2v) is 4.53. The summed E-state index contributed by atoms with van der Waals surface area (Å²) >= 11 is 5.94. The van der Waals surface area contributed by atoms with Gasteiger partial charge in [-0.25, -0.2) is 4.79 Å². The van der Waals surface area contributed by atoms with Crippen molar-refractivity contribution in [2.75, 3.05) is 0 Å². The highest BCUT2D eigenvalue weighted by atomic mass is 35.5. The average molecular weight is 210 g/mol. The second kappa shape index (κ2) is 3.95. The summed E-state index contributed by atoms with van der Waals surface area (Å²) in [5, 5.41) is 0.487. The van der Waals surface area contributed by atoms with Crippen molar-refractivity contribution in [3.8, 4) is 0 Å². The molecule has 0 saturated heterocycles. The molecule has 1 rings (SSSR count). The van der Waals surface area contributed by atoms with E-state index in [0.717, 1.165) is 5.56 Å². The molecular formula is C11H12ClNO. The first-order valence-electron chi connectivity index (χ1n) is 4.33. The van der Waals surface area contributed by atoms with Crippen LogP contribution in [0, 0.1) is 0 Å². The Kier molecular flexibility index (Phi) is 3.10. The normalized spacial score (nSPS) is 10.9. The van der Waals surface area contributed by atoms with E-state index in [-0.39, 0.29) is 5.41 Å². The fourth-order valence-corrected chi connectivity index (χ4v) is 1.34. The van der Waals surface area contributed by atoms with Crippen LogP contribution in [0.2, 0.25) is 5.02 Å². The summed E-state index contributed by atoms with van der Waals surface area (Å²) in [6, 6.07) is 5.48. The molecule has 0 aromatic heterocycles. The van der Waals surface area contributed by atoms with Crippen molar-refractivity contribution in [2.45, 2.75) is 26.2 Å². The summed E-state index contributed by atoms with van der Waals surface area (Å²) in [6.07, 6.45) is 1.47. The molecule has 0 spiro atoms. The van der Waals surface area contributed by atoms with Gasteiger partial charge in [0.1, 0.15) is 0 Å². The molecule has 0 aliphatic heterocycles. The van der Waals surface area contributed by atoms with Gasteiger partial charge in [0.15, 0.2) is 0 Å². The van der Waals surface area contributed by atoms with Gasteiger partial charge in [-0.3, -0.25) is 0 Å². The predicted octanol–water partition coefficient (Wildman–Crippen LogP) is 3.60. The molecule has 0 bridgehead atoms. The smallest absolute Gasteiger partial charge is 0.211 e. The molecule has 0 aliphatic rings. The molecule has 0 saturated carbocycles. The maximum absolute atomic E-state index is 10.1. The lowest BCUT2D eigenvalue weighted by Crippen LogP contribution is -2.10. The van der Waals surface area contributed by atoms with Gasteiger partial charge in [0.2, 0.25) is 6.08 Å². The number of aliphatic imine (C=N–C) groups is 1. The minimum Gasteiger partial charge on any atom is -0.211 e. The lowest BCUT2D eigenvalue weighted by atomic mass is 9.87. The van der Waals surface area contributed by atoms with Crippen LogP contribution in [0.25, 0.3) is 0 Å². The van der Waals surface area contributed by atoms with Crippen molar-refractivity contribution in [3.63, 3.8) is 0 Å². The third-order valence-corrected chi connectivity index (χ3v) is 2.28. The fourth-order valence-electron chi connectivity index (χ4n) is 1.11. The number of isocyanates is 1. The van der Waals surface area contributed by atoms with Crippen molar-refractivity contribution in [2.24, 2.45) is 4.99 Å². The molecule has 0 atom stereocenters. The van der Waals surface area contributed by atoms with E-state index >= 15 is 0 Å². The third-order valence-electron chi connectivity index (χ3n) is 1.98. The van der Waals surface area contributed by atoms with Crippen molar-refractivity contribution in [3.05, 3.63) is 28.8 Å². The Bertz CT molecular complexity index is 387. The van der Waals surface area contributed by atoms with Gasteiger partial charge in [0, 0.05) is 0 Å². The second-order valence-electron chi connectivity index (χ2n) is 4.12. The number of hydrogen-bond donors (Lipinski definition) is 0. The van der Waals surface area contributed by atoms with Crippen LogP contribution < -0.4 is 0 Å². The highest BCUT2D eigenvalue weighted by Gasteiger charge is 2.14. The van der Waals surface area contributed by atoms with Crippen LogP contribution in [0.3, 0.4) is 0 Å². The van der Waals surface area contributed by atoms with Gasteiger partial charge in [-0.05, 0) is 23.1 Å². The van der Waals surface area contributed by atoms with E-state index in [2.05, 4.69) is 25.8 Å². The van der Waals surface area contributed by atoms with Crippen molar-refractivity contribution >= 4 is 23.4 Å². The van der Waals surface area contributed by atoms with E-state index < -0.39 is 0 Å². The van der Waals surface area contributed by atoms with Crippen LogP contribution in [-0.4, -0.2) is 6.08 Å². The van der Waals surface area contributed by atoms with E-state index in [9.17, 15) is 4.79 Å². The van der Waals surface area contributed by atoms with E-state index in [1.807, 2.05) is 12.1 Å². The lowest BCUT2D eigenvalue weighted by Gasteiger charge is -2.19. The first-order chi connectivity index (χ1) is 6.45. The Morgan fingerprint density at radius 1 is 1.36 bits per heavy atom. The Hall–Kier alpha value is -1.11. The number of halogens is 1. The molecule has 2 nitrogen and oxygen atoms in total. The number of hydrogen-bond acceptors (Lipinski definition) is 2. The molecule has 0 heterocycles. The van der Waals surface area contributed by atoms with Crippen LogP contribution >= 0.6 is 11.6 Å². The highest BCUT2D eigenvalue weighted by molar-refractivity contribution is 6.33. The number of nitrogens with zero attached hydrogens (tertiary/aromatic N) is 1. The fraction of sp³-hybridized carbons (Fsp3) is 0.364. The first-order valence-corrected chi connectivity index (χ1v) is 4.71. The molecule has 0 N–H and O–H groups in total. The van der Waals surface area contributed by atoms with Crippen LogP contribution in [0.4, 0.5) is 5.69 Å². The number of benzene rings is 1. The molecule has 14 heavy (non-hydrogen) atoms. The molecule has 0 aliphatic carbocycles. The van der Waals surface area contributed by atoms with Gasteiger partial charge in [-0.15, -0.1) is 0 Å². The largest absolute Gasteiger partial charge is 0.240 e. The Labute approximate surface area is 88.6 Å². The van der Waals surface area contributed by atoms with Crippen LogP contribution in [0.1, 0.15) is 26.3 Å². The maximum atomic E-state index is 10.1. The molecule has 1 aromatic rings. The van der Waals surface area contributed by atoms with Gasteiger partial charge in [0.25, 0.3) is 0 Å². The average Bonchev–Trinajstić information content (AvgIpc) is 2.07. The Balaban J connectivity index is 3.19. The van der Waals surface area contributed by atoms with E-state index in [0.29, 0.717) is 10.7 Å². The Morgan fingerprint density at radius 3 is 2.43 bits per heavy atom. The SMILES string of the molecule is CC(C)(C)c1ccc(N=C=O)c(Cl)c1. The zero-order valence-corrected chi connectivity index (χ0v) is 9.22.